The first kappa shape index (κ1) is 18.5. The average Bonchev–Trinajstić information content (AvgIpc) is 2.41. The van der Waals surface area contributed by atoms with Gasteiger partial charge in [0.1, 0.15) is 0 Å². The van der Waals surface area contributed by atoms with Gasteiger partial charge in [0.25, 0.3) is 0 Å². The molecule has 0 aliphatic carbocycles. The zero-order chi connectivity index (χ0) is 13.4. The minimum Gasteiger partial charge on any atom is -0.184 e. The molecular formula is C18H22Y-2. The molecule has 2 aromatic carbocycles. The molecule has 2 aromatic rings. The Morgan fingerprint density at radius 1 is 0.789 bits per heavy atom. The van der Waals surface area contributed by atoms with E-state index < -0.39 is 0 Å². The van der Waals surface area contributed by atoms with Crippen LogP contribution in [0.3, 0.4) is 0 Å². The molecule has 0 amide bonds. The van der Waals surface area contributed by atoms with Crippen LogP contribution in [0.1, 0.15) is 36.1 Å². The minimum absolute atomic E-state index is 0. The van der Waals surface area contributed by atoms with Gasteiger partial charge in [-0.1, -0.05) is 40.5 Å². The Kier molecular flexibility index (Phi) is 10.1. The second-order valence-corrected chi connectivity index (χ2v) is 4.41. The largest absolute Gasteiger partial charge is 0.184 e. The minimum atomic E-state index is 0. The molecule has 0 aliphatic rings. The maximum Gasteiger partial charge on any atom is 0 e. The van der Waals surface area contributed by atoms with Gasteiger partial charge in [-0.2, -0.15) is 70.8 Å². The molecule has 2 rings (SSSR count). The van der Waals surface area contributed by atoms with Crippen molar-refractivity contribution in [1.82, 2.24) is 0 Å². The molecule has 0 N–H and O–H groups in total. The SMILES string of the molecule is CCc1c[c-]ccc1C.CCc1c[c-]ccc1C.[Y]. The van der Waals surface area contributed by atoms with Gasteiger partial charge >= 0.3 is 0 Å². The van der Waals surface area contributed by atoms with Gasteiger partial charge in [0.15, 0.2) is 0 Å². The van der Waals surface area contributed by atoms with Crippen LogP contribution in [0.15, 0.2) is 36.4 Å². The van der Waals surface area contributed by atoms with E-state index in [9.17, 15) is 0 Å². The molecule has 99 valence electrons. The Labute approximate surface area is 143 Å². The second-order valence-electron chi connectivity index (χ2n) is 4.41. The zero-order valence-electron chi connectivity index (χ0n) is 12.5. The van der Waals surface area contributed by atoms with Crippen molar-refractivity contribution in [1.29, 1.82) is 0 Å². The maximum absolute atomic E-state index is 3.05. The summed E-state index contributed by atoms with van der Waals surface area (Å²) in [6.07, 6.45) is 2.23. The Bertz CT molecular complexity index is 429. The van der Waals surface area contributed by atoms with E-state index in [1.54, 1.807) is 0 Å². The molecule has 0 nitrogen and oxygen atoms in total. The van der Waals surface area contributed by atoms with Crippen LogP contribution in [0.25, 0.3) is 0 Å². The summed E-state index contributed by atoms with van der Waals surface area (Å²) in [6, 6.07) is 18.3. The van der Waals surface area contributed by atoms with E-state index in [0.29, 0.717) is 0 Å². The van der Waals surface area contributed by atoms with Gasteiger partial charge in [0, 0.05) is 32.7 Å². The molecule has 1 heteroatoms. The van der Waals surface area contributed by atoms with E-state index in [1.165, 1.54) is 22.3 Å². The van der Waals surface area contributed by atoms with E-state index in [1.807, 2.05) is 12.1 Å². The van der Waals surface area contributed by atoms with Gasteiger partial charge in [0.2, 0.25) is 0 Å². The van der Waals surface area contributed by atoms with Gasteiger partial charge < -0.3 is 0 Å². The molecular weight excluding hydrogens is 305 g/mol. The zero-order valence-corrected chi connectivity index (χ0v) is 15.3. The summed E-state index contributed by atoms with van der Waals surface area (Å²) in [7, 11) is 0. The van der Waals surface area contributed by atoms with Crippen molar-refractivity contribution < 1.29 is 32.7 Å². The molecule has 0 atom stereocenters. The number of rotatable bonds is 2. The van der Waals surface area contributed by atoms with E-state index in [-0.39, 0.29) is 32.7 Å². The molecule has 0 unspecified atom stereocenters. The topological polar surface area (TPSA) is 0 Å². The first-order chi connectivity index (χ1) is 8.69. The third-order valence-electron chi connectivity index (χ3n) is 3.15. The van der Waals surface area contributed by atoms with E-state index in [4.69, 9.17) is 0 Å². The van der Waals surface area contributed by atoms with Crippen LogP contribution in [0.2, 0.25) is 0 Å². The van der Waals surface area contributed by atoms with Gasteiger partial charge in [-0.3, -0.25) is 0 Å². The summed E-state index contributed by atoms with van der Waals surface area (Å²) in [5.41, 5.74) is 5.54. The fraction of sp³-hybridized carbons (Fsp3) is 0.333. The Morgan fingerprint density at radius 3 is 1.37 bits per heavy atom. The molecule has 0 saturated heterocycles. The quantitative estimate of drug-likeness (QED) is 0.701. The van der Waals surface area contributed by atoms with E-state index >= 15 is 0 Å². The fourth-order valence-corrected chi connectivity index (χ4v) is 1.85. The van der Waals surface area contributed by atoms with Gasteiger partial charge in [0.05, 0.1) is 0 Å². The monoisotopic (exact) mass is 327 g/mol. The molecule has 0 fully saturated rings. The predicted molar refractivity (Wildman–Crippen MR) is 78.8 cm³/mol. The van der Waals surface area contributed by atoms with E-state index in [0.717, 1.165) is 12.8 Å². The summed E-state index contributed by atoms with van der Waals surface area (Å²) in [6.45, 7) is 8.59. The fourth-order valence-electron chi connectivity index (χ4n) is 1.85. The molecule has 0 bridgehead atoms. The van der Waals surface area contributed by atoms with Crippen LogP contribution in [0, 0.1) is 26.0 Å². The number of aryl methyl sites for hydroxylation is 4. The molecule has 0 heterocycles. The summed E-state index contributed by atoms with van der Waals surface area (Å²) < 4.78 is 0. The van der Waals surface area contributed by atoms with Crippen molar-refractivity contribution in [2.24, 2.45) is 0 Å². The van der Waals surface area contributed by atoms with Crippen molar-refractivity contribution in [2.75, 3.05) is 0 Å². The summed E-state index contributed by atoms with van der Waals surface area (Å²) in [5.74, 6) is 0. The standard InChI is InChI=1S/2C9H11.Y/c2*1-3-9-7-5-4-6-8(9)2;/h2*4,6-7H,3H2,1-2H3;/q2*-1;. The van der Waals surface area contributed by atoms with Crippen LogP contribution in [0.5, 0.6) is 0 Å². The van der Waals surface area contributed by atoms with Crippen molar-refractivity contribution in [2.45, 2.75) is 40.5 Å². The van der Waals surface area contributed by atoms with Crippen LogP contribution < -0.4 is 0 Å². The number of benzene rings is 2. The molecule has 0 saturated carbocycles. The van der Waals surface area contributed by atoms with Crippen LogP contribution in [-0.2, 0) is 45.6 Å². The molecule has 0 spiro atoms. The van der Waals surface area contributed by atoms with Crippen LogP contribution >= 0.6 is 0 Å². The Balaban J connectivity index is 0.000000324. The summed E-state index contributed by atoms with van der Waals surface area (Å²) in [5, 5.41) is 0. The number of hydrogen-bond donors (Lipinski definition) is 0. The number of hydrogen-bond acceptors (Lipinski definition) is 0. The van der Waals surface area contributed by atoms with Crippen molar-refractivity contribution in [3.05, 3.63) is 70.8 Å². The predicted octanol–water partition coefficient (Wildman–Crippen LogP) is 4.71. The summed E-state index contributed by atoms with van der Waals surface area (Å²) >= 11 is 0. The Hall–Kier alpha value is -0.456. The van der Waals surface area contributed by atoms with Crippen molar-refractivity contribution >= 4 is 0 Å². The third-order valence-corrected chi connectivity index (χ3v) is 3.15. The first-order valence-corrected chi connectivity index (χ1v) is 6.60. The smallest absolute Gasteiger partial charge is 0 e. The Morgan fingerprint density at radius 2 is 1.16 bits per heavy atom. The second kappa shape index (κ2) is 10.3. The molecule has 0 aromatic heterocycles. The average molecular weight is 327 g/mol. The van der Waals surface area contributed by atoms with Crippen LogP contribution in [-0.4, -0.2) is 0 Å². The third kappa shape index (κ3) is 6.50. The van der Waals surface area contributed by atoms with Crippen molar-refractivity contribution in [3.63, 3.8) is 0 Å². The first-order valence-electron chi connectivity index (χ1n) is 6.60. The molecule has 1 radical (unpaired) electrons. The van der Waals surface area contributed by atoms with Gasteiger partial charge in [-0.15, -0.1) is 0 Å². The maximum atomic E-state index is 3.05. The summed E-state index contributed by atoms with van der Waals surface area (Å²) in [4.78, 5) is 0. The van der Waals surface area contributed by atoms with Gasteiger partial charge in [-0.05, 0) is 0 Å². The normalized spacial score (nSPS) is 9.05. The van der Waals surface area contributed by atoms with Crippen molar-refractivity contribution in [3.8, 4) is 0 Å². The van der Waals surface area contributed by atoms with Crippen LogP contribution in [0.4, 0.5) is 0 Å². The molecule has 0 aliphatic heterocycles. The van der Waals surface area contributed by atoms with Gasteiger partial charge in [-0.25, -0.2) is 0 Å². The molecule has 19 heavy (non-hydrogen) atoms. The van der Waals surface area contributed by atoms with E-state index in [2.05, 4.69) is 64.1 Å².